The van der Waals surface area contributed by atoms with E-state index in [9.17, 15) is 9.18 Å². The number of aryl methyl sites for hydroxylation is 1. The largest absolute Gasteiger partial charge is 0.358 e. The molecule has 1 unspecified atom stereocenters. The van der Waals surface area contributed by atoms with Crippen LogP contribution in [0.25, 0.3) is 0 Å². The molecule has 0 bridgehead atoms. The molecule has 17 heavy (non-hydrogen) atoms. The summed E-state index contributed by atoms with van der Waals surface area (Å²) in [6.45, 7) is 1.75. The van der Waals surface area contributed by atoms with Gasteiger partial charge in [-0.2, -0.15) is 0 Å². The Morgan fingerprint density at radius 1 is 1.35 bits per heavy atom. The zero-order valence-corrected chi connectivity index (χ0v) is 10.6. The lowest BCUT2D eigenvalue weighted by Crippen LogP contribution is -2.06. The maximum absolute atomic E-state index is 12.8. The van der Waals surface area contributed by atoms with Crippen LogP contribution in [0.4, 0.5) is 4.39 Å². The van der Waals surface area contributed by atoms with Gasteiger partial charge in [-0.3, -0.25) is 0 Å². The number of hydrogen-bond acceptors (Lipinski definition) is 3. The van der Waals surface area contributed by atoms with Crippen molar-refractivity contribution in [1.82, 2.24) is 5.16 Å². The summed E-state index contributed by atoms with van der Waals surface area (Å²) in [7, 11) is 0. The zero-order valence-electron chi connectivity index (χ0n) is 8.98. The lowest BCUT2D eigenvalue weighted by atomic mass is 10.0. The lowest BCUT2D eigenvalue weighted by molar-refractivity contribution is 0.360. The molecule has 1 aromatic heterocycles. The fourth-order valence-electron chi connectivity index (χ4n) is 1.49. The second-order valence-corrected chi connectivity index (χ2v) is 4.52. The summed E-state index contributed by atoms with van der Waals surface area (Å²) in [6.07, 6.45) is 0. The van der Waals surface area contributed by atoms with Crippen molar-refractivity contribution in [3.05, 3.63) is 63.4 Å². The van der Waals surface area contributed by atoms with E-state index in [1.807, 2.05) is 0 Å². The van der Waals surface area contributed by atoms with E-state index in [1.54, 1.807) is 19.1 Å². The number of benzene rings is 1. The van der Waals surface area contributed by atoms with E-state index in [4.69, 9.17) is 0 Å². The van der Waals surface area contributed by atoms with E-state index in [1.165, 1.54) is 18.2 Å². The second kappa shape index (κ2) is 4.79. The second-order valence-electron chi connectivity index (χ2n) is 3.60. The minimum Gasteiger partial charge on any atom is -0.313 e. The Kier molecular flexibility index (Phi) is 3.38. The minimum absolute atomic E-state index is 0.209. The molecular formula is C12H9BrFNO2. The Morgan fingerprint density at radius 2 is 2.00 bits per heavy atom. The highest BCUT2D eigenvalue weighted by Crippen LogP contribution is 2.31. The molecule has 2 rings (SSSR count). The van der Waals surface area contributed by atoms with Crippen molar-refractivity contribution in [3.8, 4) is 0 Å². The van der Waals surface area contributed by atoms with Gasteiger partial charge in [-0.05, 0) is 24.6 Å². The standard InChI is InChI=1S/C12H9BrFNO2/c1-7-10(6-11(16)17-15-7)12(13)8-2-4-9(14)5-3-8/h2-6,12H,1H3. The molecular weight excluding hydrogens is 289 g/mol. The van der Waals surface area contributed by atoms with Gasteiger partial charge in [0.05, 0.1) is 10.5 Å². The SMILES string of the molecule is Cc1noc(=O)cc1C(Br)c1ccc(F)cc1. The molecule has 0 spiro atoms. The van der Waals surface area contributed by atoms with Gasteiger partial charge in [-0.1, -0.05) is 33.2 Å². The molecule has 0 aliphatic rings. The van der Waals surface area contributed by atoms with Gasteiger partial charge in [0.2, 0.25) is 0 Å². The van der Waals surface area contributed by atoms with Crippen LogP contribution in [0.5, 0.6) is 0 Å². The first kappa shape index (κ1) is 12.0. The Bertz CT molecular complexity index is 580. The van der Waals surface area contributed by atoms with Crippen molar-refractivity contribution >= 4 is 15.9 Å². The van der Waals surface area contributed by atoms with Gasteiger partial charge in [0.25, 0.3) is 0 Å². The minimum atomic E-state index is -0.503. The van der Waals surface area contributed by atoms with E-state index >= 15 is 0 Å². The molecule has 0 aliphatic carbocycles. The maximum atomic E-state index is 12.8. The Labute approximate surface area is 105 Å². The van der Waals surface area contributed by atoms with Crippen LogP contribution >= 0.6 is 15.9 Å². The molecule has 5 heteroatoms. The molecule has 88 valence electrons. The molecule has 0 saturated carbocycles. The summed E-state index contributed by atoms with van der Waals surface area (Å²) >= 11 is 3.46. The fourth-order valence-corrected chi connectivity index (χ4v) is 2.26. The number of hydrogen-bond donors (Lipinski definition) is 0. The number of nitrogens with zero attached hydrogens (tertiary/aromatic N) is 1. The average molecular weight is 298 g/mol. The number of aromatic nitrogens is 1. The van der Waals surface area contributed by atoms with Gasteiger partial charge < -0.3 is 4.52 Å². The van der Waals surface area contributed by atoms with E-state index in [0.717, 1.165) is 5.56 Å². The Morgan fingerprint density at radius 3 is 2.65 bits per heavy atom. The molecule has 3 nitrogen and oxygen atoms in total. The van der Waals surface area contributed by atoms with Crippen molar-refractivity contribution in [2.24, 2.45) is 0 Å². The van der Waals surface area contributed by atoms with Crippen LogP contribution in [0.1, 0.15) is 21.6 Å². The number of halogens is 2. The average Bonchev–Trinajstić information content (AvgIpc) is 2.32. The van der Waals surface area contributed by atoms with Crippen LogP contribution in [0.3, 0.4) is 0 Å². The quantitative estimate of drug-likeness (QED) is 0.801. The van der Waals surface area contributed by atoms with E-state index < -0.39 is 5.63 Å². The monoisotopic (exact) mass is 297 g/mol. The summed E-state index contributed by atoms with van der Waals surface area (Å²) in [5.41, 5.74) is 1.68. The van der Waals surface area contributed by atoms with Crippen LogP contribution < -0.4 is 5.63 Å². The van der Waals surface area contributed by atoms with Crippen molar-refractivity contribution < 1.29 is 8.91 Å². The Hall–Kier alpha value is -1.49. The van der Waals surface area contributed by atoms with Gasteiger partial charge in [0.1, 0.15) is 5.82 Å². The summed E-state index contributed by atoms with van der Waals surface area (Å²) < 4.78 is 17.3. The van der Waals surface area contributed by atoms with Crippen LogP contribution in [0.15, 0.2) is 39.6 Å². The zero-order chi connectivity index (χ0) is 12.4. The molecule has 1 atom stereocenters. The third-order valence-electron chi connectivity index (χ3n) is 2.40. The van der Waals surface area contributed by atoms with Gasteiger partial charge in [-0.15, -0.1) is 0 Å². The third kappa shape index (κ3) is 2.61. The van der Waals surface area contributed by atoms with Crippen LogP contribution in [0, 0.1) is 12.7 Å². The van der Waals surface area contributed by atoms with E-state index in [-0.39, 0.29) is 10.6 Å². The molecule has 1 heterocycles. The van der Waals surface area contributed by atoms with Crippen LogP contribution in [0.2, 0.25) is 0 Å². The molecule has 0 saturated heterocycles. The summed E-state index contributed by atoms with van der Waals surface area (Å²) in [6, 6.07) is 7.44. The first-order valence-electron chi connectivity index (χ1n) is 4.95. The molecule has 0 amide bonds. The van der Waals surface area contributed by atoms with Crippen LogP contribution in [-0.4, -0.2) is 5.16 Å². The highest BCUT2D eigenvalue weighted by molar-refractivity contribution is 9.09. The lowest BCUT2D eigenvalue weighted by Gasteiger charge is -2.11. The highest BCUT2D eigenvalue weighted by Gasteiger charge is 2.15. The van der Waals surface area contributed by atoms with Crippen molar-refractivity contribution in [2.45, 2.75) is 11.8 Å². The van der Waals surface area contributed by atoms with Crippen molar-refractivity contribution in [2.75, 3.05) is 0 Å². The van der Waals surface area contributed by atoms with E-state index in [0.29, 0.717) is 11.3 Å². The maximum Gasteiger partial charge on any atom is 0.358 e. The third-order valence-corrected chi connectivity index (χ3v) is 3.42. The summed E-state index contributed by atoms with van der Waals surface area (Å²) in [4.78, 5) is 10.9. The fraction of sp³-hybridized carbons (Fsp3) is 0.167. The molecule has 0 N–H and O–H groups in total. The molecule has 1 aromatic carbocycles. The van der Waals surface area contributed by atoms with Crippen LogP contribution in [-0.2, 0) is 0 Å². The van der Waals surface area contributed by atoms with Gasteiger partial charge in [-0.25, -0.2) is 9.18 Å². The first-order chi connectivity index (χ1) is 8.08. The van der Waals surface area contributed by atoms with Gasteiger partial charge in [0.15, 0.2) is 0 Å². The summed E-state index contributed by atoms with van der Waals surface area (Å²) in [5.74, 6) is -0.295. The normalized spacial score (nSPS) is 12.4. The topological polar surface area (TPSA) is 43.1 Å². The number of alkyl halides is 1. The van der Waals surface area contributed by atoms with Gasteiger partial charge >= 0.3 is 5.63 Å². The highest BCUT2D eigenvalue weighted by atomic mass is 79.9. The first-order valence-corrected chi connectivity index (χ1v) is 5.86. The molecule has 0 fully saturated rings. The van der Waals surface area contributed by atoms with E-state index in [2.05, 4.69) is 25.6 Å². The van der Waals surface area contributed by atoms with Crippen molar-refractivity contribution in [1.29, 1.82) is 0 Å². The molecule has 0 radical (unpaired) electrons. The summed E-state index contributed by atoms with van der Waals surface area (Å²) in [5, 5.41) is 3.65. The smallest absolute Gasteiger partial charge is 0.313 e. The van der Waals surface area contributed by atoms with Gasteiger partial charge in [0, 0.05) is 11.6 Å². The molecule has 0 aliphatic heterocycles. The number of rotatable bonds is 2. The predicted octanol–water partition coefficient (Wildman–Crippen LogP) is 2.97. The predicted molar refractivity (Wildman–Crippen MR) is 64.7 cm³/mol. The Balaban J connectivity index is 2.43. The van der Waals surface area contributed by atoms with Crippen molar-refractivity contribution in [3.63, 3.8) is 0 Å². The molecule has 2 aromatic rings.